The summed E-state index contributed by atoms with van der Waals surface area (Å²) >= 11 is 0. The molecule has 2 unspecified atom stereocenters. The fourth-order valence-electron chi connectivity index (χ4n) is 3.56. The summed E-state index contributed by atoms with van der Waals surface area (Å²) in [5.74, 6) is 0.710. The first kappa shape index (κ1) is 14.5. The molecule has 0 amide bonds. The Morgan fingerprint density at radius 2 is 2.05 bits per heavy atom. The Labute approximate surface area is 118 Å². The summed E-state index contributed by atoms with van der Waals surface area (Å²) in [5, 5.41) is 0. The van der Waals surface area contributed by atoms with Gasteiger partial charge in [-0.1, -0.05) is 37.6 Å². The van der Waals surface area contributed by atoms with Gasteiger partial charge >= 0.3 is 0 Å². The molecule has 1 aromatic rings. The SMILES string of the molecule is Cc1ccc(C(CN)N2CCCC2C(C)C)c(C)c1. The summed E-state index contributed by atoms with van der Waals surface area (Å²) < 4.78 is 0. The van der Waals surface area contributed by atoms with Crippen LogP contribution in [0, 0.1) is 19.8 Å². The van der Waals surface area contributed by atoms with Crippen molar-refractivity contribution in [2.75, 3.05) is 13.1 Å². The van der Waals surface area contributed by atoms with E-state index < -0.39 is 0 Å². The van der Waals surface area contributed by atoms with Gasteiger partial charge in [-0.15, -0.1) is 0 Å². The van der Waals surface area contributed by atoms with Crippen molar-refractivity contribution in [1.29, 1.82) is 0 Å². The Hall–Kier alpha value is -0.860. The lowest BCUT2D eigenvalue weighted by atomic mass is 9.95. The quantitative estimate of drug-likeness (QED) is 0.898. The van der Waals surface area contributed by atoms with Crippen LogP contribution in [0.2, 0.25) is 0 Å². The highest BCUT2D eigenvalue weighted by Crippen LogP contribution is 2.33. The van der Waals surface area contributed by atoms with E-state index in [-0.39, 0.29) is 0 Å². The summed E-state index contributed by atoms with van der Waals surface area (Å²) in [7, 11) is 0. The molecule has 19 heavy (non-hydrogen) atoms. The Kier molecular flexibility index (Phi) is 4.64. The smallest absolute Gasteiger partial charge is 0.0476 e. The third-order valence-corrected chi connectivity index (χ3v) is 4.52. The molecule has 2 heteroatoms. The number of rotatable bonds is 4. The third kappa shape index (κ3) is 3.01. The number of nitrogens with zero attached hydrogens (tertiary/aromatic N) is 1. The van der Waals surface area contributed by atoms with Gasteiger partial charge in [0.2, 0.25) is 0 Å². The highest BCUT2D eigenvalue weighted by molar-refractivity contribution is 5.33. The normalized spacial score (nSPS) is 22.1. The van der Waals surface area contributed by atoms with Crippen molar-refractivity contribution < 1.29 is 0 Å². The van der Waals surface area contributed by atoms with Crippen molar-refractivity contribution in [3.63, 3.8) is 0 Å². The predicted octanol–water partition coefficient (Wildman–Crippen LogP) is 3.42. The molecule has 0 aromatic heterocycles. The van der Waals surface area contributed by atoms with Gasteiger partial charge < -0.3 is 5.73 Å². The van der Waals surface area contributed by atoms with E-state index in [1.54, 1.807) is 0 Å². The van der Waals surface area contributed by atoms with E-state index in [1.807, 2.05) is 0 Å². The lowest BCUT2D eigenvalue weighted by Gasteiger charge is -2.35. The van der Waals surface area contributed by atoms with Crippen LogP contribution in [0.15, 0.2) is 18.2 Å². The van der Waals surface area contributed by atoms with Crippen molar-refractivity contribution in [2.45, 2.75) is 52.6 Å². The second kappa shape index (κ2) is 6.06. The van der Waals surface area contributed by atoms with Crippen molar-refractivity contribution in [2.24, 2.45) is 11.7 Å². The molecule has 1 fully saturated rings. The Bertz CT molecular complexity index is 425. The zero-order valence-corrected chi connectivity index (χ0v) is 12.8. The monoisotopic (exact) mass is 260 g/mol. The van der Waals surface area contributed by atoms with Crippen LogP contribution >= 0.6 is 0 Å². The van der Waals surface area contributed by atoms with Crippen LogP contribution in [-0.4, -0.2) is 24.0 Å². The van der Waals surface area contributed by atoms with E-state index in [4.69, 9.17) is 5.73 Å². The van der Waals surface area contributed by atoms with Gasteiger partial charge in [-0.25, -0.2) is 0 Å². The van der Waals surface area contributed by atoms with Crippen LogP contribution in [0.3, 0.4) is 0 Å². The second-order valence-electron chi connectivity index (χ2n) is 6.30. The van der Waals surface area contributed by atoms with Gasteiger partial charge in [0, 0.05) is 18.6 Å². The summed E-state index contributed by atoms with van der Waals surface area (Å²) in [6.45, 7) is 10.9. The van der Waals surface area contributed by atoms with E-state index in [2.05, 4.69) is 50.8 Å². The maximum Gasteiger partial charge on any atom is 0.0476 e. The highest BCUT2D eigenvalue weighted by Gasteiger charge is 2.33. The van der Waals surface area contributed by atoms with Gasteiger partial charge in [0.1, 0.15) is 0 Å². The first-order valence-electron chi connectivity index (χ1n) is 7.57. The van der Waals surface area contributed by atoms with Crippen LogP contribution in [0.1, 0.15) is 49.4 Å². The van der Waals surface area contributed by atoms with E-state index in [0.29, 0.717) is 24.5 Å². The Balaban J connectivity index is 2.28. The van der Waals surface area contributed by atoms with E-state index in [9.17, 15) is 0 Å². The van der Waals surface area contributed by atoms with E-state index in [1.165, 1.54) is 36.1 Å². The number of likely N-dealkylation sites (tertiary alicyclic amines) is 1. The van der Waals surface area contributed by atoms with Gasteiger partial charge in [0.05, 0.1) is 0 Å². The third-order valence-electron chi connectivity index (χ3n) is 4.52. The minimum atomic E-state index is 0.385. The first-order valence-corrected chi connectivity index (χ1v) is 7.57. The molecule has 0 saturated carbocycles. The van der Waals surface area contributed by atoms with Gasteiger partial charge in [-0.3, -0.25) is 4.90 Å². The summed E-state index contributed by atoms with van der Waals surface area (Å²) in [6.07, 6.45) is 2.63. The van der Waals surface area contributed by atoms with Crippen molar-refractivity contribution in [1.82, 2.24) is 4.90 Å². The molecule has 1 aromatic carbocycles. The van der Waals surface area contributed by atoms with Crippen LogP contribution < -0.4 is 5.73 Å². The topological polar surface area (TPSA) is 29.3 Å². The fraction of sp³-hybridized carbons (Fsp3) is 0.647. The van der Waals surface area contributed by atoms with Gasteiger partial charge in [0.25, 0.3) is 0 Å². The lowest BCUT2D eigenvalue weighted by Crippen LogP contribution is -2.40. The second-order valence-corrected chi connectivity index (χ2v) is 6.30. The van der Waals surface area contributed by atoms with Gasteiger partial charge in [-0.2, -0.15) is 0 Å². The minimum absolute atomic E-state index is 0.385. The zero-order valence-electron chi connectivity index (χ0n) is 12.8. The minimum Gasteiger partial charge on any atom is -0.329 e. The molecule has 1 saturated heterocycles. The summed E-state index contributed by atoms with van der Waals surface area (Å²) in [5.41, 5.74) is 10.2. The average Bonchev–Trinajstić information content (AvgIpc) is 2.82. The van der Waals surface area contributed by atoms with Crippen LogP contribution in [0.4, 0.5) is 0 Å². The first-order chi connectivity index (χ1) is 9.04. The average molecular weight is 260 g/mol. The molecule has 0 radical (unpaired) electrons. The Morgan fingerprint density at radius 3 is 2.63 bits per heavy atom. The van der Waals surface area contributed by atoms with E-state index in [0.717, 1.165) is 0 Å². The molecule has 0 bridgehead atoms. The van der Waals surface area contributed by atoms with Crippen LogP contribution in [-0.2, 0) is 0 Å². The molecular weight excluding hydrogens is 232 g/mol. The molecule has 2 N–H and O–H groups in total. The lowest BCUT2D eigenvalue weighted by molar-refractivity contribution is 0.149. The number of hydrogen-bond acceptors (Lipinski definition) is 2. The Morgan fingerprint density at radius 1 is 1.32 bits per heavy atom. The zero-order chi connectivity index (χ0) is 14.0. The van der Waals surface area contributed by atoms with Crippen molar-refractivity contribution in [3.8, 4) is 0 Å². The van der Waals surface area contributed by atoms with Crippen molar-refractivity contribution >= 4 is 0 Å². The van der Waals surface area contributed by atoms with Crippen LogP contribution in [0.5, 0.6) is 0 Å². The molecule has 2 atom stereocenters. The standard InChI is InChI=1S/C17H28N2/c1-12(2)16-6-5-9-19(16)17(11-18)15-8-7-13(3)10-14(15)4/h7-8,10,12,16-17H,5-6,9,11,18H2,1-4H3. The molecule has 1 aliphatic rings. The number of aryl methyl sites for hydroxylation is 2. The maximum atomic E-state index is 6.11. The summed E-state index contributed by atoms with van der Waals surface area (Å²) in [6, 6.07) is 7.84. The number of benzene rings is 1. The molecular formula is C17H28N2. The number of hydrogen-bond donors (Lipinski definition) is 1. The van der Waals surface area contributed by atoms with Gasteiger partial charge in [-0.05, 0) is 50.3 Å². The molecule has 2 nitrogen and oxygen atoms in total. The summed E-state index contributed by atoms with van der Waals surface area (Å²) in [4.78, 5) is 2.64. The fourth-order valence-corrected chi connectivity index (χ4v) is 3.56. The number of nitrogens with two attached hydrogens (primary N) is 1. The molecule has 1 aliphatic heterocycles. The largest absolute Gasteiger partial charge is 0.329 e. The van der Waals surface area contributed by atoms with Crippen LogP contribution in [0.25, 0.3) is 0 Å². The molecule has 2 rings (SSSR count). The highest BCUT2D eigenvalue weighted by atomic mass is 15.2. The molecule has 0 aliphatic carbocycles. The van der Waals surface area contributed by atoms with Gasteiger partial charge in [0.15, 0.2) is 0 Å². The molecule has 0 spiro atoms. The molecule has 1 heterocycles. The van der Waals surface area contributed by atoms with E-state index >= 15 is 0 Å². The van der Waals surface area contributed by atoms with Crippen molar-refractivity contribution in [3.05, 3.63) is 34.9 Å². The maximum absolute atomic E-state index is 6.11. The predicted molar refractivity (Wildman–Crippen MR) is 82.3 cm³/mol. The molecule has 106 valence electrons.